The Balaban J connectivity index is 1.70. The average Bonchev–Trinajstić information content (AvgIpc) is 2.71. The van der Waals surface area contributed by atoms with Gasteiger partial charge in [-0.25, -0.2) is 0 Å². The maximum atomic E-state index is 12.8. The number of ether oxygens (including phenoxy) is 2. The van der Waals surface area contributed by atoms with E-state index < -0.39 is 0 Å². The molecule has 1 saturated heterocycles. The van der Waals surface area contributed by atoms with Crippen LogP contribution in [0.25, 0.3) is 0 Å². The van der Waals surface area contributed by atoms with Gasteiger partial charge in [-0.1, -0.05) is 23.7 Å². The van der Waals surface area contributed by atoms with Gasteiger partial charge >= 0.3 is 0 Å². The number of carbonyl (C=O) groups is 1. The van der Waals surface area contributed by atoms with E-state index in [2.05, 4.69) is 28.2 Å². The highest BCUT2D eigenvalue weighted by Crippen LogP contribution is 2.36. The van der Waals surface area contributed by atoms with Crippen LogP contribution in [0.15, 0.2) is 36.4 Å². The average molecular weight is 418 g/mol. The Morgan fingerprint density at radius 3 is 2.62 bits per heavy atom. The summed E-state index contributed by atoms with van der Waals surface area (Å²) in [4.78, 5) is 17.5. The number of nitrogens with one attached hydrogen (secondary N) is 1. The summed E-state index contributed by atoms with van der Waals surface area (Å²) in [5, 5.41) is 3.30. The van der Waals surface area contributed by atoms with Crippen molar-refractivity contribution >= 4 is 23.2 Å². The zero-order valence-electron chi connectivity index (χ0n) is 17.2. The molecular weight excluding hydrogens is 390 g/mol. The van der Waals surface area contributed by atoms with Crippen molar-refractivity contribution in [2.45, 2.75) is 13.5 Å². The molecule has 2 aromatic carbocycles. The fourth-order valence-corrected chi connectivity index (χ4v) is 3.62. The van der Waals surface area contributed by atoms with Gasteiger partial charge in [-0.2, -0.15) is 0 Å². The van der Waals surface area contributed by atoms with Gasteiger partial charge in [0.05, 0.1) is 18.7 Å². The van der Waals surface area contributed by atoms with Crippen molar-refractivity contribution in [2.75, 3.05) is 52.3 Å². The molecule has 156 valence electrons. The van der Waals surface area contributed by atoms with Gasteiger partial charge in [0.25, 0.3) is 5.91 Å². The van der Waals surface area contributed by atoms with E-state index in [9.17, 15) is 4.79 Å². The first kappa shape index (κ1) is 21.4. The zero-order valence-corrected chi connectivity index (χ0v) is 18.0. The summed E-state index contributed by atoms with van der Waals surface area (Å²) >= 11 is 6.29. The molecule has 1 N–H and O–H groups in total. The van der Waals surface area contributed by atoms with Gasteiger partial charge in [0, 0.05) is 44.0 Å². The summed E-state index contributed by atoms with van der Waals surface area (Å²) in [6, 6.07) is 11.2. The number of benzene rings is 2. The summed E-state index contributed by atoms with van der Waals surface area (Å²) in [6.07, 6.45) is 0. The number of methoxy groups -OCH3 is 1. The first-order valence-electron chi connectivity index (χ1n) is 9.81. The van der Waals surface area contributed by atoms with Crippen LogP contribution in [0.3, 0.4) is 0 Å². The van der Waals surface area contributed by atoms with E-state index in [0.717, 1.165) is 38.4 Å². The van der Waals surface area contributed by atoms with Crippen LogP contribution < -0.4 is 14.8 Å². The van der Waals surface area contributed by atoms with Crippen LogP contribution in [0, 0.1) is 0 Å². The third kappa shape index (κ3) is 5.63. The van der Waals surface area contributed by atoms with Crippen LogP contribution in [0.4, 0.5) is 5.69 Å². The van der Waals surface area contributed by atoms with Crippen LogP contribution in [-0.4, -0.2) is 62.7 Å². The van der Waals surface area contributed by atoms with Crippen LogP contribution in [-0.2, 0) is 6.54 Å². The van der Waals surface area contributed by atoms with Gasteiger partial charge in [-0.15, -0.1) is 0 Å². The highest BCUT2D eigenvalue weighted by molar-refractivity contribution is 6.32. The van der Waals surface area contributed by atoms with Crippen LogP contribution in [0.1, 0.15) is 22.8 Å². The second-order valence-electron chi connectivity index (χ2n) is 7.16. The van der Waals surface area contributed by atoms with Crippen LogP contribution >= 0.6 is 11.6 Å². The number of hydrogen-bond acceptors (Lipinski definition) is 5. The van der Waals surface area contributed by atoms with E-state index in [1.165, 1.54) is 12.7 Å². The first-order valence-corrected chi connectivity index (χ1v) is 10.2. The summed E-state index contributed by atoms with van der Waals surface area (Å²) in [5.74, 6) is 0.640. The van der Waals surface area contributed by atoms with Crippen LogP contribution in [0.5, 0.6) is 11.5 Å². The molecule has 0 bridgehead atoms. The first-order chi connectivity index (χ1) is 14.0. The minimum Gasteiger partial charge on any atom is -0.493 e. The van der Waals surface area contributed by atoms with E-state index in [1.807, 2.05) is 25.1 Å². The SMILES string of the molecule is CCOc1c(Cl)cc(C(=O)Nc2cccc(CN3CCN(C)CC3)c2)cc1OC. The number of halogens is 1. The van der Waals surface area contributed by atoms with E-state index in [0.29, 0.717) is 28.7 Å². The molecular formula is C22H28ClN3O3. The Labute approximate surface area is 177 Å². The largest absolute Gasteiger partial charge is 0.493 e. The van der Waals surface area contributed by atoms with Crippen molar-refractivity contribution in [3.63, 3.8) is 0 Å². The molecule has 1 heterocycles. The van der Waals surface area contributed by atoms with E-state index in [1.54, 1.807) is 12.1 Å². The number of hydrogen-bond donors (Lipinski definition) is 1. The van der Waals surface area contributed by atoms with Gasteiger partial charge in [0.15, 0.2) is 11.5 Å². The molecule has 1 fully saturated rings. The van der Waals surface area contributed by atoms with Gasteiger partial charge in [0.1, 0.15) is 0 Å². The van der Waals surface area contributed by atoms with E-state index >= 15 is 0 Å². The Hall–Kier alpha value is -2.28. The van der Waals surface area contributed by atoms with Gasteiger partial charge in [-0.3, -0.25) is 9.69 Å². The van der Waals surface area contributed by atoms with Gasteiger partial charge in [-0.05, 0) is 43.8 Å². The number of amides is 1. The van der Waals surface area contributed by atoms with Crippen molar-refractivity contribution in [1.82, 2.24) is 9.80 Å². The lowest BCUT2D eigenvalue weighted by molar-refractivity contribution is 0.102. The molecule has 1 aliphatic heterocycles. The van der Waals surface area contributed by atoms with E-state index in [4.69, 9.17) is 21.1 Å². The molecule has 0 aliphatic carbocycles. The second-order valence-corrected chi connectivity index (χ2v) is 7.56. The predicted octanol–water partition coefficient (Wildman–Crippen LogP) is 3.75. The highest BCUT2D eigenvalue weighted by atomic mass is 35.5. The highest BCUT2D eigenvalue weighted by Gasteiger charge is 2.17. The molecule has 7 heteroatoms. The normalized spacial score (nSPS) is 15.2. The van der Waals surface area contributed by atoms with Crippen molar-refractivity contribution < 1.29 is 14.3 Å². The lowest BCUT2D eigenvalue weighted by atomic mass is 10.1. The molecule has 0 spiro atoms. The smallest absolute Gasteiger partial charge is 0.255 e. The quantitative estimate of drug-likeness (QED) is 0.743. The summed E-state index contributed by atoms with van der Waals surface area (Å²) in [5.41, 5.74) is 2.35. The maximum Gasteiger partial charge on any atom is 0.255 e. The topological polar surface area (TPSA) is 54.0 Å². The molecule has 0 aromatic heterocycles. The minimum absolute atomic E-state index is 0.245. The summed E-state index contributed by atoms with van der Waals surface area (Å²) in [7, 11) is 3.67. The van der Waals surface area contributed by atoms with Gasteiger partial charge in [0.2, 0.25) is 0 Å². The third-order valence-corrected chi connectivity index (χ3v) is 5.25. The summed E-state index contributed by atoms with van der Waals surface area (Å²) in [6.45, 7) is 7.47. The number of carbonyl (C=O) groups excluding carboxylic acids is 1. The predicted molar refractivity (Wildman–Crippen MR) is 116 cm³/mol. The molecule has 0 radical (unpaired) electrons. The van der Waals surface area contributed by atoms with Crippen molar-refractivity contribution in [1.29, 1.82) is 0 Å². The van der Waals surface area contributed by atoms with Crippen molar-refractivity contribution in [3.05, 3.63) is 52.5 Å². The summed E-state index contributed by atoms with van der Waals surface area (Å²) < 4.78 is 10.8. The molecule has 2 aromatic rings. The third-order valence-electron chi connectivity index (χ3n) is 4.97. The maximum absolute atomic E-state index is 12.8. The molecule has 0 saturated carbocycles. The molecule has 3 rings (SSSR count). The van der Waals surface area contributed by atoms with Crippen molar-refractivity contribution in [2.24, 2.45) is 0 Å². The Morgan fingerprint density at radius 2 is 1.93 bits per heavy atom. The molecule has 0 unspecified atom stereocenters. The molecule has 29 heavy (non-hydrogen) atoms. The lowest BCUT2D eigenvalue weighted by Gasteiger charge is -2.32. The number of nitrogens with zero attached hydrogens (tertiary/aromatic N) is 2. The van der Waals surface area contributed by atoms with Crippen LogP contribution in [0.2, 0.25) is 5.02 Å². The number of anilines is 1. The van der Waals surface area contributed by atoms with Gasteiger partial charge < -0.3 is 19.7 Å². The Bertz CT molecular complexity index is 851. The lowest BCUT2D eigenvalue weighted by Crippen LogP contribution is -2.43. The molecule has 6 nitrogen and oxygen atoms in total. The molecule has 1 amide bonds. The minimum atomic E-state index is -0.245. The molecule has 1 aliphatic rings. The van der Waals surface area contributed by atoms with Crippen molar-refractivity contribution in [3.8, 4) is 11.5 Å². The molecule has 0 atom stereocenters. The fraction of sp³-hybridized carbons (Fsp3) is 0.409. The number of rotatable bonds is 7. The monoisotopic (exact) mass is 417 g/mol. The number of piperazine rings is 1. The standard InChI is InChI=1S/C22H28ClN3O3/c1-4-29-21-19(23)13-17(14-20(21)28-3)22(27)24-18-7-5-6-16(12-18)15-26-10-8-25(2)9-11-26/h5-7,12-14H,4,8-11,15H2,1-3H3,(H,24,27). The zero-order chi connectivity index (χ0) is 20.8. The Morgan fingerprint density at radius 1 is 1.17 bits per heavy atom. The fourth-order valence-electron chi connectivity index (χ4n) is 3.35. The Kier molecular flexibility index (Phi) is 7.36. The number of likely N-dealkylation sites (N-methyl/N-ethyl adjacent to an activating group) is 1. The van der Waals surface area contributed by atoms with E-state index in [-0.39, 0.29) is 5.91 Å². The second kappa shape index (κ2) is 9.96.